The Labute approximate surface area is 266 Å². The molecule has 0 saturated heterocycles. The number of aromatic carboxylic acids is 1. The number of hydrogen-bond acceptors (Lipinski definition) is 8. The molecule has 0 saturated carbocycles. The summed E-state index contributed by atoms with van der Waals surface area (Å²) in [5, 5.41) is 10.4. The average Bonchev–Trinajstić information content (AvgIpc) is 3.67. The van der Waals surface area contributed by atoms with Crippen molar-refractivity contribution < 1.29 is 33.6 Å². The fourth-order valence-electron chi connectivity index (χ4n) is 4.31. The highest BCUT2D eigenvalue weighted by Crippen LogP contribution is 2.38. The monoisotopic (exact) mass is 646 g/mol. The normalized spacial score (nSPS) is 10.6. The molecule has 6 aromatic rings. The molecule has 7 nitrogen and oxygen atoms in total. The van der Waals surface area contributed by atoms with Crippen LogP contribution in [0.25, 0.3) is 20.2 Å². The van der Waals surface area contributed by atoms with Crippen LogP contribution in [0.1, 0.15) is 30.5 Å². The summed E-state index contributed by atoms with van der Waals surface area (Å²) in [6, 6.07) is 30.5. The standard InChI is InChI=1S/C17H13ClO3S.C17H14O4S/c2*1-20-13-7-12-8-16(17(18)19)22-15(12)9-14(13)21-10-11-5-3-2-4-6-11/h2-9H,10H2,1H3;2-9H,10H2,1H3,(H,18,19). The van der Waals surface area contributed by atoms with E-state index >= 15 is 0 Å². The predicted molar refractivity (Wildman–Crippen MR) is 175 cm³/mol. The van der Waals surface area contributed by atoms with Gasteiger partial charge >= 0.3 is 5.97 Å². The second-order valence-electron chi connectivity index (χ2n) is 9.43. The van der Waals surface area contributed by atoms with Crippen LogP contribution in [0.4, 0.5) is 0 Å². The molecule has 0 unspecified atom stereocenters. The Bertz CT molecular complexity index is 1760. The Balaban J connectivity index is 0.000000175. The molecule has 1 N–H and O–H groups in total. The highest BCUT2D eigenvalue weighted by Gasteiger charge is 2.14. The van der Waals surface area contributed by atoms with E-state index in [4.69, 9.17) is 35.7 Å². The van der Waals surface area contributed by atoms with Crippen molar-refractivity contribution in [2.75, 3.05) is 14.2 Å². The lowest BCUT2D eigenvalue weighted by atomic mass is 10.2. The molecule has 2 heterocycles. The van der Waals surface area contributed by atoms with Crippen molar-refractivity contribution in [3.8, 4) is 23.0 Å². The van der Waals surface area contributed by atoms with Gasteiger partial charge < -0.3 is 24.1 Å². The fourth-order valence-corrected chi connectivity index (χ4v) is 6.30. The van der Waals surface area contributed by atoms with Crippen LogP contribution in [-0.4, -0.2) is 30.5 Å². The van der Waals surface area contributed by atoms with Gasteiger partial charge in [0.05, 0.1) is 19.1 Å². The van der Waals surface area contributed by atoms with Crippen molar-refractivity contribution in [1.82, 2.24) is 0 Å². The van der Waals surface area contributed by atoms with Gasteiger partial charge in [0.2, 0.25) is 0 Å². The van der Waals surface area contributed by atoms with Crippen LogP contribution in [0.5, 0.6) is 23.0 Å². The van der Waals surface area contributed by atoms with E-state index in [-0.39, 0.29) is 0 Å². The van der Waals surface area contributed by atoms with Crippen molar-refractivity contribution in [1.29, 1.82) is 0 Å². The molecule has 0 atom stereocenters. The smallest absolute Gasteiger partial charge is 0.345 e. The van der Waals surface area contributed by atoms with E-state index in [1.165, 1.54) is 22.7 Å². The first-order valence-electron chi connectivity index (χ1n) is 13.3. The minimum atomic E-state index is -0.924. The minimum absolute atomic E-state index is 0.303. The largest absolute Gasteiger partial charge is 0.493 e. The molecular weight excluding hydrogens is 620 g/mol. The Kier molecular flexibility index (Phi) is 10.0. The number of hydrogen-bond donors (Lipinski definition) is 1. The van der Waals surface area contributed by atoms with Gasteiger partial charge in [-0.25, -0.2) is 4.79 Å². The number of halogens is 1. The molecule has 0 bridgehead atoms. The molecule has 4 aromatic carbocycles. The van der Waals surface area contributed by atoms with Gasteiger partial charge in [-0.15, -0.1) is 22.7 Å². The van der Waals surface area contributed by atoms with Crippen molar-refractivity contribution >= 4 is 65.7 Å². The molecule has 0 aliphatic carbocycles. The molecule has 10 heteroatoms. The highest BCUT2D eigenvalue weighted by molar-refractivity contribution is 7.22. The Morgan fingerprint density at radius 2 is 1.07 bits per heavy atom. The summed E-state index contributed by atoms with van der Waals surface area (Å²) in [5.41, 5.74) is 2.13. The van der Waals surface area contributed by atoms with E-state index in [1.54, 1.807) is 32.4 Å². The molecule has 224 valence electrons. The number of carboxylic acids is 1. The number of carbonyl (C=O) groups is 2. The molecule has 0 aliphatic rings. The third-order valence-electron chi connectivity index (χ3n) is 6.48. The van der Waals surface area contributed by atoms with Crippen LogP contribution >= 0.6 is 34.3 Å². The van der Waals surface area contributed by atoms with Crippen LogP contribution in [0, 0.1) is 0 Å². The molecular formula is C34H27ClO7S2. The van der Waals surface area contributed by atoms with E-state index in [0.29, 0.717) is 46.0 Å². The lowest BCUT2D eigenvalue weighted by molar-refractivity contribution is 0.0702. The maximum atomic E-state index is 11.3. The van der Waals surface area contributed by atoms with Crippen LogP contribution in [-0.2, 0) is 13.2 Å². The maximum Gasteiger partial charge on any atom is 0.345 e. The number of fused-ring (bicyclic) bond motifs is 2. The zero-order valence-corrected chi connectivity index (χ0v) is 26.1. The zero-order chi connectivity index (χ0) is 31.1. The molecule has 0 aliphatic heterocycles. The van der Waals surface area contributed by atoms with Crippen molar-refractivity contribution in [3.63, 3.8) is 0 Å². The minimum Gasteiger partial charge on any atom is -0.493 e. The van der Waals surface area contributed by atoms with Gasteiger partial charge in [0.25, 0.3) is 5.24 Å². The van der Waals surface area contributed by atoms with Crippen molar-refractivity contribution in [2.45, 2.75) is 13.2 Å². The molecule has 2 aromatic heterocycles. The van der Waals surface area contributed by atoms with Gasteiger partial charge in [-0.05, 0) is 57.8 Å². The number of ether oxygens (including phenoxy) is 4. The number of rotatable bonds is 10. The average molecular weight is 647 g/mol. The first kappa shape index (κ1) is 30.9. The van der Waals surface area contributed by atoms with Gasteiger partial charge in [-0.3, -0.25) is 4.79 Å². The lowest BCUT2D eigenvalue weighted by Gasteiger charge is -2.11. The molecule has 0 spiro atoms. The summed E-state index contributed by atoms with van der Waals surface area (Å²) in [6.45, 7) is 0.884. The molecule has 0 fully saturated rings. The molecule has 44 heavy (non-hydrogen) atoms. The summed E-state index contributed by atoms with van der Waals surface area (Å²) in [5.74, 6) is 1.56. The number of benzene rings is 4. The van der Waals surface area contributed by atoms with Gasteiger partial charge in [0.15, 0.2) is 23.0 Å². The van der Waals surface area contributed by atoms with Crippen LogP contribution in [0.2, 0.25) is 0 Å². The van der Waals surface area contributed by atoms with E-state index < -0.39 is 11.2 Å². The summed E-state index contributed by atoms with van der Waals surface area (Å²) >= 11 is 8.11. The molecule has 0 radical (unpaired) electrons. The van der Waals surface area contributed by atoms with E-state index in [9.17, 15) is 9.59 Å². The summed E-state index contributed by atoms with van der Waals surface area (Å²) in [4.78, 5) is 23.2. The summed E-state index contributed by atoms with van der Waals surface area (Å²) in [7, 11) is 3.16. The zero-order valence-electron chi connectivity index (χ0n) is 23.7. The lowest BCUT2D eigenvalue weighted by Crippen LogP contribution is -1.97. The Morgan fingerprint density at radius 1 is 0.636 bits per heavy atom. The van der Waals surface area contributed by atoms with E-state index in [2.05, 4.69) is 0 Å². The van der Waals surface area contributed by atoms with Gasteiger partial charge in [0.1, 0.15) is 18.1 Å². The first-order valence-corrected chi connectivity index (χ1v) is 15.4. The number of thiophene rings is 2. The van der Waals surface area contributed by atoms with Crippen LogP contribution in [0.3, 0.4) is 0 Å². The molecule has 0 amide bonds. The quantitative estimate of drug-likeness (QED) is 0.148. The van der Waals surface area contributed by atoms with Crippen LogP contribution in [0.15, 0.2) is 97.1 Å². The first-order chi connectivity index (χ1) is 21.3. The maximum absolute atomic E-state index is 11.3. The predicted octanol–water partition coefficient (Wildman–Crippen LogP) is 9.06. The Hall–Kier alpha value is -4.57. The third-order valence-corrected chi connectivity index (χ3v) is 8.98. The van der Waals surface area contributed by atoms with E-state index in [1.807, 2.05) is 78.9 Å². The number of carbonyl (C=O) groups excluding carboxylic acids is 1. The second kappa shape index (κ2) is 14.3. The van der Waals surface area contributed by atoms with E-state index in [0.717, 1.165) is 31.3 Å². The SMILES string of the molecule is COc1cc2cc(C(=O)Cl)sc2cc1OCc1ccccc1.COc1cc2cc(C(=O)O)sc2cc1OCc1ccccc1. The van der Waals surface area contributed by atoms with Gasteiger partial charge in [0, 0.05) is 21.5 Å². The summed E-state index contributed by atoms with van der Waals surface area (Å²) in [6.07, 6.45) is 0. The van der Waals surface area contributed by atoms with Crippen molar-refractivity contribution in [3.05, 3.63) is 118 Å². The number of carboxylic acid groups (broad SMARTS) is 1. The number of methoxy groups -OCH3 is 2. The third kappa shape index (κ3) is 7.49. The highest BCUT2D eigenvalue weighted by atomic mass is 35.5. The van der Waals surface area contributed by atoms with Crippen LogP contribution < -0.4 is 18.9 Å². The van der Waals surface area contributed by atoms with Crippen molar-refractivity contribution in [2.24, 2.45) is 0 Å². The van der Waals surface area contributed by atoms with Gasteiger partial charge in [-0.2, -0.15) is 0 Å². The summed E-state index contributed by atoms with van der Waals surface area (Å²) < 4.78 is 24.2. The Morgan fingerprint density at radius 3 is 1.48 bits per heavy atom. The molecule has 6 rings (SSSR count). The second-order valence-corrected chi connectivity index (χ2v) is 11.9. The van der Waals surface area contributed by atoms with Gasteiger partial charge in [-0.1, -0.05) is 60.7 Å². The topological polar surface area (TPSA) is 91.3 Å². The fraction of sp³-hybridized carbons (Fsp3) is 0.118.